The maximum absolute atomic E-state index is 5.49. The SMILES string of the molecule is CC(NCC1(C)COC1)c1ccc(Br)o1. The summed E-state index contributed by atoms with van der Waals surface area (Å²) in [4.78, 5) is 0. The lowest BCUT2D eigenvalue weighted by Gasteiger charge is -2.38. The fourth-order valence-corrected chi connectivity index (χ4v) is 1.93. The second kappa shape index (κ2) is 4.28. The van der Waals surface area contributed by atoms with Crippen LogP contribution in [0, 0.1) is 5.41 Å². The van der Waals surface area contributed by atoms with Gasteiger partial charge in [0.15, 0.2) is 4.67 Å². The van der Waals surface area contributed by atoms with E-state index in [-0.39, 0.29) is 6.04 Å². The first-order valence-corrected chi connectivity index (χ1v) is 5.95. The van der Waals surface area contributed by atoms with Crippen LogP contribution in [0.15, 0.2) is 21.2 Å². The van der Waals surface area contributed by atoms with Crippen LogP contribution in [0.25, 0.3) is 0 Å². The topological polar surface area (TPSA) is 34.4 Å². The van der Waals surface area contributed by atoms with Crippen LogP contribution < -0.4 is 5.32 Å². The highest BCUT2D eigenvalue weighted by molar-refractivity contribution is 9.10. The Kier molecular flexibility index (Phi) is 3.19. The Morgan fingerprint density at radius 2 is 2.27 bits per heavy atom. The van der Waals surface area contributed by atoms with E-state index < -0.39 is 0 Å². The molecule has 1 atom stereocenters. The number of rotatable bonds is 4. The van der Waals surface area contributed by atoms with Gasteiger partial charge in [-0.25, -0.2) is 0 Å². The van der Waals surface area contributed by atoms with Crippen LogP contribution in [-0.4, -0.2) is 19.8 Å². The van der Waals surface area contributed by atoms with Crippen molar-refractivity contribution in [2.75, 3.05) is 19.8 Å². The first-order chi connectivity index (χ1) is 7.09. The second-order valence-electron chi connectivity index (χ2n) is 4.55. The molecule has 0 saturated carbocycles. The molecule has 1 saturated heterocycles. The van der Waals surface area contributed by atoms with Crippen molar-refractivity contribution in [1.82, 2.24) is 5.32 Å². The average Bonchev–Trinajstić information content (AvgIpc) is 2.58. The van der Waals surface area contributed by atoms with E-state index >= 15 is 0 Å². The maximum atomic E-state index is 5.49. The van der Waals surface area contributed by atoms with Crippen LogP contribution >= 0.6 is 15.9 Å². The van der Waals surface area contributed by atoms with Gasteiger partial charge in [-0.3, -0.25) is 0 Å². The van der Waals surface area contributed by atoms with E-state index in [0.29, 0.717) is 5.41 Å². The van der Waals surface area contributed by atoms with Crippen LogP contribution in [0.5, 0.6) is 0 Å². The van der Waals surface area contributed by atoms with Gasteiger partial charge in [-0.15, -0.1) is 0 Å². The minimum Gasteiger partial charge on any atom is -0.453 e. The van der Waals surface area contributed by atoms with Gasteiger partial charge in [0.25, 0.3) is 0 Å². The fourth-order valence-electron chi connectivity index (χ4n) is 1.61. The highest BCUT2D eigenvalue weighted by atomic mass is 79.9. The molecule has 15 heavy (non-hydrogen) atoms. The first kappa shape index (κ1) is 11.2. The summed E-state index contributed by atoms with van der Waals surface area (Å²) in [5, 5.41) is 3.46. The summed E-state index contributed by atoms with van der Waals surface area (Å²) in [7, 11) is 0. The zero-order chi connectivity index (χ0) is 10.9. The molecule has 0 aliphatic carbocycles. The van der Waals surface area contributed by atoms with Gasteiger partial charge in [-0.2, -0.15) is 0 Å². The molecule has 4 heteroatoms. The van der Waals surface area contributed by atoms with Crippen LogP contribution in [-0.2, 0) is 4.74 Å². The van der Waals surface area contributed by atoms with Gasteiger partial charge in [0, 0.05) is 12.0 Å². The third-order valence-corrected chi connectivity index (χ3v) is 3.18. The monoisotopic (exact) mass is 273 g/mol. The summed E-state index contributed by atoms with van der Waals surface area (Å²) in [6.07, 6.45) is 0. The van der Waals surface area contributed by atoms with E-state index in [1.54, 1.807) is 0 Å². The van der Waals surface area contributed by atoms with Gasteiger partial charge in [-0.05, 0) is 35.0 Å². The molecular formula is C11H16BrNO2. The molecule has 2 rings (SSSR count). The Balaban J connectivity index is 1.84. The molecule has 0 bridgehead atoms. The zero-order valence-electron chi connectivity index (χ0n) is 9.05. The quantitative estimate of drug-likeness (QED) is 0.916. The molecule has 1 N–H and O–H groups in total. The summed E-state index contributed by atoms with van der Waals surface area (Å²) in [5.41, 5.74) is 0.304. The van der Waals surface area contributed by atoms with Gasteiger partial charge in [0.2, 0.25) is 0 Å². The fraction of sp³-hybridized carbons (Fsp3) is 0.636. The Morgan fingerprint density at radius 3 is 2.73 bits per heavy atom. The molecule has 1 aliphatic rings. The van der Waals surface area contributed by atoms with Gasteiger partial charge in [-0.1, -0.05) is 6.92 Å². The summed E-state index contributed by atoms with van der Waals surface area (Å²) in [6, 6.07) is 4.15. The first-order valence-electron chi connectivity index (χ1n) is 5.15. The van der Waals surface area contributed by atoms with E-state index in [9.17, 15) is 0 Å². The highest BCUT2D eigenvalue weighted by Crippen LogP contribution is 2.27. The van der Waals surface area contributed by atoms with Crippen LogP contribution in [0.2, 0.25) is 0 Å². The molecule has 3 nitrogen and oxygen atoms in total. The Hall–Kier alpha value is -0.320. The highest BCUT2D eigenvalue weighted by Gasteiger charge is 2.33. The van der Waals surface area contributed by atoms with Gasteiger partial charge < -0.3 is 14.5 Å². The lowest BCUT2D eigenvalue weighted by Crippen LogP contribution is -2.47. The molecule has 1 aromatic heterocycles. The minimum absolute atomic E-state index is 0.244. The van der Waals surface area contributed by atoms with Crippen molar-refractivity contribution in [3.63, 3.8) is 0 Å². The summed E-state index contributed by atoms with van der Waals surface area (Å²) < 4.78 is 11.5. The second-order valence-corrected chi connectivity index (χ2v) is 5.33. The summed E-state index contributed by atoms with van der Waals surface area (Å²) in [5.74, 6) is 0.964. The number of hydrogen-bond acceptors (Lipinski definition) is 3. The normalized spacial score (nSPS) is 21.0. The van der Waals surface area contributed by atoms with Crippen LogP contribution in [0.3, 0.4) is 0 Å². The smallest absolute Gasteiger partial charge is 0.169 e. The Labute approximate surface area is 98.3 Å². The molecule has 1 fully saturated rings. The lowest BCUT2D eigenvalue weighted by molar-refractivity contribution is -0.100. The van der Waals surface area contributed by atoms with E-state index in [4.69, 9.17) is 9.15 Å². The predicted octanol–water partition coefficient (Wildman–Crippen LogP) is 2.73. The molecular weight excluding hydrogens is 258 g/mol. The van der Waals surface area contributed by atoms with Crippen molar-refractivity contribution in [1.29, 1.82) is 0 Å². The third-order valence-electron chi connectivity index (χ3n) is 2.76. The maximum Gasteiger partial charge on any atom is 0.169 e. The largest absolute Gasteiger partial charge is 0.453 e. The minimum atomic E-state index is 0.244. The molecule has 84 valence electrons. The average molecular weight is 274 g/mol. The van der Waals surface area contributed by atoms with E-state index in [1.807, 2.05) is 12.1 Å². The van der Waals surface area contributed by atoms with Crippen molar-refractivity contribution >= 4 is 15.9 Å². The molecule has 1 aromatic rings. The molecule has 0 amide bonds. The zero-order valence-corrected chi connectivity index (χ0v) is 10.6. The number of hydrogen-bond donors (Lipinski definition) is 1. The Morgan fingerprint density at radius 1 is 1.53 bits per heavy atom. The van der Waals surface area contributed by atoms with Crippen molar-refractivity contribution in [3.05, 3.63) is 22.6 Å². The standard InChI is InChI=1S/C11H16BrNO2/c1-8(9-3-4-10(12)15-9)13-5-11(2)6-14-7-11/h3-4,8,13H,5-7H2,1-2H3. The van der Waals surface area contributed by atoms with Crippen molar-refractivity contribution < 1.29 is 9.15 Å². The van der Waals surface area contributed by atoms with Crippen molar-refractivity contribution in [3.8, 4) is 0 Å². The van der Waals surface area contributed by atoms with Gasteiger partial charge >= 0.3 is 0 Å². The van der Waals surface area contributed by atoms with Gasteiger partial charge in [0.05, 0.1) is 19.3 Å². The number of halogens is 1. The van der Waals surface area contributed by atoms with Crippen molar-refractivity contribution in [2.45, 2.75) is 19.9 Å². The Bertz CT molecular complexity index is 333. The van der Waals surface area contributed by atoms with E-state index in [1.165, 1.54) is 0 Å². The lowest BCUT2D eigenvalue weighted by atomic mass is 9.88. The number of ether oxygens (including phenoxy) is 1. The molecule has 2 heterocycles. The number of nitrogens with one attached hydrogen (secondary N) is 1. The third kappa shape index (κ3) is 2.62. The van der Waals surface area contributed by atoms with Gasteiger partial charge in [0.1, 0.15) is 5.76 Å². The van der Waals surface area contributed by atoms with E-state index in [0.717, 1.165) is 30.2 Å². The predicted molar refractivity (Wildman–Crippen MR) is 61.8 cm³/mol. The molecule has 0 spiro atoms. The van der Waals surface area contributed by atoms with E-state index in [2.05, 4.69) is 35.1 Å². The van der Waals surface area contributed by atoms with Crippen LogP contribution in [0.1, 0.15) is 25.6 Å². The summed E-state index contributed by atoms with van der Waals surface area (Å²) >= 11 is 3.30. The molecule has 1 aliphatic heterocycles. The number of furan rings is 1. The molecule has 1 unspecified atom stereocenters. The summed E-state index contributed by atoms with van der Waals surface area (Å²) in [6.45, 7) is 7.01. The molecule has 0 aromatic carbocycles. The van der Waals surface area contributed by atoms with Crippen molar-refractivity contribution in [2.24, 2.45) is 5.41 Å². The van der Waals surface area contributed by atoms with Crippen LogP contribution in [0.4, 0.5) is 0 Å². The molecule has 0 radical (unpaired) electrons.